The summed E-state index contributed by atoms with van der Waals surface area (Å²) < 4.78 is 4.72. The number of hydrogen-bond acceptors (Lipinski definition) is 4. The topological polar surface area (TPSA) is 84.5 Å². The fourth-order valence-electron chi connectivity index (χ4n) is 2.44. The maximum absolute atomic E-state index is 12.5. The summed E-state index contributed by atoms with van der Waals surface area (Å²) in [5.74, 6) is -2.16. The van der Waals surface area contributed by atoms with Crippen molar-refractivity contribution in [3.05, 3.63) is 41.1 Å². The van der Waals surface area contributed by atoms with Crippen LogP contribution in [0.1, 0.15) is 18.9 Å². The quantitative estimate of drug-likeness (QED) is 0.829. The highest BCUT2D eigenvalue weighted by Gasteiger charge is 2.36. The van der Waals surface area contributed by atoms with Crippen LogP contribution in [-0.4, -0.2) is 24.9 Å². The molecule has 22 heavy (non-hydrogen) atoms. The van der Waals surface area contributed by atoms with Crippen LogP contribution >= 0.6 is 0 Å². The molecule has 1 aliphatic rings. The van der Waals surface area contributed by atoms with Crippen molar-refractivity contribution in [2.45, 2.75) is 20.3 Å². The summed E-state index contributed by atoms with van der Waals surface area (Å²) in [6.07, 6.45) is -0.0838. The van der Waals surface area contributed by atoms with Crippen LogP contribution in [0.3, 0.4) is 0 Å². The summed E-state index contributed by atoms with van der Waals surface area (Å²) in [6.45, 7) is 3.45. The van der Waals surface area contributed by atoms with E-state index in [1.165, 1.54) is 7.11 Å². The van der Waals surface area contributed by atoms with Crippen molar-refractivity contribution in [3.8, 4) is 0 Å². The number of hydrogen-bond donors (Lipinski definition) is 2. The number of anilines is 1. The van der Waals surface area contributed by atoms with E-state index >= 15 is 0 Å². The Morgan fingerprint density at radius 2 is 1.95 bits per heavy atom. The molecule has 116 valence electrons. The third-order valence-electron chi connectivity index (χ3n) is 3.59. The standard InChI is InChI=1S/C16H18N2O4/c1-9-6-4-5-7-12(9)18-15(20)11-8-13(19)17-10(2)14(11)16(21)22-3/h4-7,11H,8H2,1-3H3,(H,17,19)(H,18,20). The first kappa shape index (κ1) is 15.8. The molecule has 1 atom stereocenters. The average molecular weight is 302 g/mol. The molecular weight excluding hydrogens is 284 g/mol. The summed E-state index contributed by atoms with van der Waals surface area (Å²) in [5.41, 5.74) is 2.10. The zero-order valence-electron chi connectivity index (χ0n) is 12.7. The van der Waals surface area contributed by atoms with E-state index in [1.54, 1.807) is 19.1 Å². The first-order chi connectivity index (χ1) is 10.4. The molecule has 0 bridgehead atoms. The molecule has 1 aromatic carbocycles. The van der Waals surface area contributed by atoms with Crippen LogP contribution in [0.4, 0.5) is 5.69 Å². The third-order valence-corrected chi connectivity index (χ3v) is 3.59. The first-order valence-corrected chi connectivity index (χ1v) is 6.89. The van der Waals surface area contributed by atoms with Gasteiger partial charge < -0.3 is 15.4 Å². The van der Waals surface area contributed by atoms with E-state index < -0.39 is 17.8 Å². The molecule has 0 spiro atoms. The van der Waals surface area contributed by atoms with E-state index in [0.29, 0.717) is 11.4 Å². The van der Waals surface area contributed by atoms with Gasteiger partial charge in [0.05, 0.1) is 18.6 Å². The summed E-state index contributed by atoms with van der Waals surface area (Å²) in [7, 11) is 1.25. The van der Waals surface area contributed by atoms with E-state index in [9.17, 15) is 14.4 Å². The molecule has 0 radical (unpaired) electrons. The minimum atomic E-state index is -0.860. The molecule has 6 nitrogen and oxygen atoms in total. The second kappa shape index (κ2) is 6.43. The third kappa shape index (κ3) is 3.16. The van der Waals surface area contributed by atoms with E-state index in [-0.39, 0.29) is 17.9 Å². The lowest BCUT2D eigenvalue weighted by Crippen LogP contribution is -2.40. The van der Waals surface area contributed by atoms with Gasteiger partial charge in [-0.05, 0) is 25.5 Å². The number of methoxy groups -OCH3 is 1. The molecule has 1 heterocycles. The number of benzene rings is 1. The van der Waals surface area contributed by atoms with Gasteiger partial charge in [0.25, 0.3) is 0 Å². The largest absolute Gasteiger partial charge is 0.466 e. The number of amides is 2. The molecule has 1 unspecified atom stereocenters. The predicted octanol–water partition coefficient (Wildman–Crippen LogP) is 1.52. The number of para-hydroxylation sites is 1. The van der Waals surface area contributed by atoms with Crippen molar-refractivity contribution in [1.29, 1.82) is 0 Å². The lowest BCUT2D eigenvalue weighted by molar-refractivity contribution is -0.139. The number of allylic oxidation sites excluding steroid dienone is 1. The van der Waals surface area contributed by atoms with Gasteiger partial charge in [-0.3, -0.25) is 9.59 Å². The Bertz CT molecular complexity index is 664. The zero-order valence-corrected chi connectivity index (χ0v) is 12.7. The van der Waals surface area contributed by atoms with Crippen LogP contribution in [0.25, 0.3) is 0 Å². The van der Waals surface area contributed by atoms with Crippen LogP contribution in [0.2, 0.25) is 0 Å². The fourth-order valence-corrected chi connectivity index (χ4v) is 2.44. The van der Waals surface area contributed by atoms with Gasteiger partial charge in [-0.1, -0.05) is 18.2 Å². The van der Waals surface area contributed by atoms with Gasteiger partial charge >= 0.3 is 5.97 Å². The Morgan fingerprint density at radius 3 is 2.59 bits per heavy atom. The summed E-state index contributed by atoms with van der Waals surface area (Å²) in [5, 5.41) is 5.33. The lowest BCUT2D eigenvalue weighted by atomic mass is 9.89. The van der Waals surface area contributed by atoms with Crippen molar-refractivity contribution >= 4 is 23.5 Å². The number of carbonyl (C=O) groups excluding carboxylic acids is 3. The highest BCUT2D eigenvalue weighted by molar-refractivity contribution is 6.06. The highest BCUT2D eigenvalue weighted by atomic mass is 16.5. The van der Waals surface area contributed by atoms with Crippen LogP contribution in [-0.2, 0) is 19.1 Å². The molecule has 2 rings (SSSR count). The van der Waals surface area contributed by atoms with Gasteiger partial charge in [0.2, 0.25) is 11.8 Å². The second-order valence-corrected chi connectivity index (χ2v) is 5.14. The van der Waals surface area contributed by atoms with Crippen molar-refractivity contribution in [3.63, 3.8) is 0 Å². The normalized spacial score (nSPS) is 17.8. The minimum Gasteiger partial charge on any atom is -0.466 e. The van der Waals surface area contributed by atoms with Crippen LogP contribution in [0.15, 0.2) is 35.5 Å². The maximum Gasteiger partial charge on any atom is 0.336 e. The number of aryl methyl sites for hydroxylation is 1. The van der Waals surface area contributed by atoms with Crippen molar-refractivity contribution in [2.75, 3.05) is 12.4 Å². The highest BCUT2D eigenvalue weighted by Crippen LogP contribution is 2.26. The summed E-state index contributed by atoms with van der Waals surface area (Å²) in [6, 6.07) is 7.30. The smallest absolute Gasteiger partial charge is 0.336 e. The van der Waals surface area contributed by atoms with E-state index in [4.69, 9.17) is 4.74 Å². The molecular formula is C16H18N2O4. The number of esters is 1. The molecule has 1 aromatic rings. The summed E-state index contributed by atoms with van der Waals surface area (Å²) >= 11 is 0. The number of carbonyl (C=O) groups is 3. The van der Waals surface area contributed by atoms with Gasteiger partial charge in [0.1, 0.15) is 0 Å². The number of nitrogens with one attached hydrogen (secondary N) is 2. The van der Waals surface area contributed by atoms with Crippen molar-refractivity contribution < 1.29 is 19.1 Å². The molecule has 0 fully saturated rings. The van der Waals surface area contributed by atoms with Crippen LogP contribution < -0.4 is 10.6 Å². The second-order valence-electron chi connectivity index (χ2n) is 5.14. The zero-order chi connectivity index (χ0) is 16.3. The van der Waals surface area contributed by atoms with Crippen molar-refractivity contribution in [2.24, 2.45) is 5.92 Å². The monoisotopic (exact) mass is 302 g/mol. The van der Waals surface area contributed by atoms with Gasteiger partial charge in [-0.15, -0.1) is 0 Å². The summed E-state index contributed by atoms with van der Waals surface area (Å²) in [4.78, 5) is 36.1. The molecule has 2 amide bonds. The van der Waals surface area contributed by atoms with Gasteiger partial charge in [-0.2, -0.15) is 0 Å². The van der Waals surface area contributed by atoms with E-state index in [1.807, 2.05) is 19.1 Å². The molecule has 2 N–H and O–H groups in total. The Morgan fingerprint density at radius 1 is 1.27 bits per heavy atom. The van der Waals surface area contributed by atoms with Crippen LogP contribution in [0.5, 0.6) is 0 Å². The Kier molecular flexibility index (Phi) is 4.60. The first-order valence-electron chi connectivity index (χ1n) is 6.89. The average Bonchev–Trinajstić information content (AvgIpc) is 2.48. The van der Waals surface area contributed by atoms with Gasteiger partial charge in [0, 0.05) is 17.8 Å². The Hall–Kier alpha value is -2.63. The molecule has 0 saturated carbocycles. The van der Waals surface area contributed by atoms with E-state index in [2.05, 4.69) is 10.6 Å². The van der Waals surface area contributed by atoms with Crippen LogP contribution in [0, 0.1) is 12.8 Å². The lowest BCUT2D eigenvalue weighted by Gasteiger charge is -2.25. The molecule has 0 aliphatic carbocycles. The Balaban J connectivity index is 2.30. The fraction of sp³-hybridized carbons (Fsp3) is 0.312. The van der Waals surface area contributed by atoms with E-state index in [0.717, 1.165) is 5.56 Å². The maximum atomic E-state index is 12.5. The Labute approximate surface area is 128 Å². The minimum absolute atomic E-state index is 0.0838. The molecule has 0 saturated heterocycles. The number of ether oxygens (including phenoxy) is 1. The molecule has 0 aromatic heterocycles. The molecule has 6 heteroatoms. The van der Waals surface area contributed by atoms with Crippen molar-refractivity contribution in [1.82, 2.24) is 5.32 Å². The van der Waals surface area contributed by atoms with Gasteiger partial charge in [0.15, 0.2) is 0 Å². The predicted molar refractivity (Wildman–Crippen MR) is 80.8 cm³/mol. The number of rotatable bonds is 3. The molecule has 1 aliphatic heterocycles. The SMILES string of the molecule is COC(=O)C1=C(C)NC(=O)CC1C(=O)Nc1ccccc1C. The van der Waals surface area contributed by atoms with Gasteiger partial charge in [-0.25, -0.2) is 4.79 Å².